The molecule has 5 saturated carbocycles. The third-order valence-electron chi connectivity index (χ3n) is 16.9. The minimum atomic E-state index is -1.17. The number of carbonyl (C=O) groups excluding carboxylic acids is 3. The lowest BCUT2D eigenvalue weighted by molar-refractivity contribution is -0.232. The Bertz CT molecular complexity index is 1840. The fourth-order valence-corrected chi connectivity index (χ4v) is 13.7. The summed E-state index contributed by atoms with van der Waals surface area (Å²) in [5, 5.41) is 13.6. The molecule has 0 radical (unpaired) electrons. The van der Waals surface area contributed by atoms with Crippen LogP contribution in [0.2, 0.25) is 5.02 Å². The lowest BCUT2D eigenvalue weighted by Crippen LogP contribution is -2.65. The van der Waals surface area contributed by atoms with Gasteiger partial charge in [-0.05, 0) is 153 Å². The fraction of sp³-hybridized carbons (Fsp3) is 0.702. The second-order valence-electron chi connectivity index (χ2n) is 21.0. The minimum absolute atomic E-state index is 0.00782. The topological polar surface area (TPSA) is 110 Å². The molecule has 0 spiro atoms. The van der Waals surface area contributed by atoms with E-state index in [9.17, 15) is 24.3 Å². The summed E-state index contributed by atoms with van der Waals surface area (Å²) in [5.74, 6) is -0.0278. The van der Waals surface area contributed by atoms with Crippen molar-refractivity contribution in [2.24, 2.45) is 56.2 Å². The van der Waals surface area contributed by atoms with Crippen LogP contribution < -0.4 is 5.32 Å². The van der Waals surface area contributed by atoms with Gasteiger partial charge in [-0.2, -0.15) is 0 Å². The Labute approximate surface area is 333 Å². The van der Waals surface area contributed by atoms with E-state index in [1.165, 1.54) is 5.57 Å². The SMILES string of the molecule is CC(C)C1=C2[C@H]3CC[C@@H]4[C@@]5(C)CC[C@H](OC(=O)CC(C)(C)C(=O)O)C(C)(C)[C@@H]5CC[C@@]4(C)[C@]3(C)CC[C@@]2(/C=C/C(=O)NC2(c3ccc(Cl)cc3)CC2)CC1=O. The molecule has 1 aromatic carbocycles. The molecule has 55 heavy (non-hydrogen) atoms. The van der Waals surface area contributed by atoms with Crippen molar-refractivity contribution >= 4 is 35.2 Å². The maximum atomic E-state index is 14.1. The molecule has 1 aromatic rings. The molecule has 0 bridgehead atoms. The van der Waals surface area contributed by atoms with Crippen molar-refractivity contribution in [3.05, 3.63) is 58.1 Å². The van der Waals surface area contributed by atoms with Gasteiger partial charge in [-0.3, -0.25) is 19.2 Å². The summed E-state index contributed by atoms with van der Waals surface area (Å²) in [6.07, 6.45) is 13.6. The summed E-state index contributed by atoms with van der Waals surface area (Å²) in [5.41, 5.74) is 1.32. The summed E-state index contributed by atoms with van der Waals surface area (Å²) in [4.78, 5) is 52.6. The molecule has 6 aliphatic rings. The number of hydrogen-bond donors (Lipinski definition) is 2. The Morgan fingerprint density at radius 1 is 0.909 bits per heavy atom. The molecule has 7 rings (SSSR count). The average molecular weight is 774 g/mol. The van der Waals surface area contributed by atoms with Gasteiger partial charge in [0.2, 0.25) is 5.91 Å². The summed E-state index contributed by atoms with van der Waals surface area (Å²) in [6, 6.07) is 7.76. The van der Waals surface area contributed by atoms with Gasteiger partial charge in [0.15, 0.2) is 5.78 Å². The van der Waals surface area contributed by atoms with Crippen molar-refractivity contribution in [3.63, 3.8) is 0 Å². The zero-order valence-corrected chi connectivity index (χ0v) is 35.5. The molecule has 0 aliphatic heterocycles. The van der Waals surface area contributed by atoms with Crippen molar-refractivity contribution in [3.8, 4) is 0 Å². The number of halogens is 1. The van der Waals surface area contributed by atoms with Crippen LogP contribution in [0.5, 0.6) is 0 Å². The summed E-state index contributed by atoms with van der Waals surface area (Å²) in [6.45, 7) is 19.6. The van der Waals surface area contributed by atoms with Crippen LogP contribution in [0.4, 0.5) is 0 Å². The van der Waals surface area contributed by atoms with E-state index in [-0.39, 0.29) is 63.2 Å². The van der Waals surface area contributed by atoms with Crippen LogP contribution in [0.3, 0.4) is 0 Å². The lowest BCUT2D eigenvalue weighted by atomic mass is 9.33. The maximum absolute atomic E-state index is 14.1. The van der Waals surface area contributed by atoms with Gasteiger partial charge in [-0.15, -0.1) is 0 Å². The first-order valence-electron chi connectivity index (χ1n) is 21.0. The standard InChI is InChI=1S/C47H64ClNO6/c1-28(2)38-32(50)26-46(21-18-36(51)49-47(24-25-47)29-10-12-30(48)13-11-29)23-22-44(8)31(39(38)46)14-15-34-43(7)19-17-35(55-37(52)27-41(3,4)40(53)54)42(5,6)33(43)16-20-45(34,44)9/h10-13,18,21,28,31,33-35H,14-17,19-20,22-27H2,1-9H3,(H,49,51)(H,53,54)/b21-18+/t31-,33+,34-,35+,43+,44-,45-,46+/m1/s1. The van der Waals surface area contributed by atoms with Gasteiger partial charge >= 0.3 is 11.9 Å². The Kier molecular flexibility index (Phi) is 9.75. The molecule has 0 saturated heterocycles. The van der Waals surface area contributed by atoms with Gasteiger partial charge in [0, 0.05) is 22.3 Å². The molecule has 300 valence electrons. The number of esters is 1. The van der Waals surface area contributed by atoms with E-state index in [2.05, 4.69) is 59.9 Å². The Balaban J connectivity index is 1.14. The van der Waals surface area contributed by atoms with Crippen molar-refractivity contribution < 1.29 is 29.0 Å². The van der Waals surface area contributed by atoms with E-state index in [1.54, 1.807) is 19.9 Å². The summed E-state index contributed by atoms with van der Waals surface area (Å²) < 4.78 is 6.17. The molecule has 0 unspecified atom stereocenters. The van der Waals surface area contributed by atoms with Crippen molar-refractivity contribution in [1.29, 1.82) is 0 Å². The number of aliphatic carboxylic acids is 1. The zero-order chi connectivity index (χ0) is 40.1. The predicted octanol–water partition coefficient (Wildman–Crippen LogP) is 10.4. The normalized spacial score (nSPS) is 37.5. The molecule has 0 heterocycles. The molecular formula is C47H64ClNO6. The van der Waals surface area contributed by atoms with E-state index in [0.29, 0.717) is 23.3 Å². The quantitative estimate of drug-likeness (QED) is 0.191. The first kappa shape index (κ1) is 40.3. The van der Waals surface area contributed by atoms with Crippen LogP contribution >= 0.6 is 11.6 Å². The first-order chi connectivity index (χ1) is 25.6. The van der Waals surface area contributed by atoms with Crippen molar-refractivity contribution in [2.45, 2.75) is 151 Å². The van der Waals surface area contributed by atoms with Crippen molar-refractivity contribution in [1.82, 2.24) is 5.32 Å². The highest BCUT2D eigenvalue weighted by Crippen LogP contribution is 2.77. The lowest BCUT2D eigenvalue weighted by Gasteiger charge is -2.72. The number of fused-ring (bicyclic) bond motifs is 7. The molecule has 8 heteroatoms. The van der Waals surface area contributed by atoms with E-state index in [1.807, 2.05) is 24.3 Å². The highest BCUT2D eigenvalue weighted by molar-refractivity contribution is 6.30. The largest absolute Gasteiger partial charge is 0.481 e. The number of Topliss-reactive ketones (excluding diaryl/α,β-unsaturated/α-hetero) is 1. The highest BCUT2D eigenvalue weighted by atomic mass is 35.5. The van der Waals surface area contributed by atoms with Crippen LogP contribution in [-0.2, 0) is 29.5 Å². The van der Waals surface area contributed by atoms with Crippen LogP contribution in [-0.4, -0.2) is 34.8 Å². The van der Waals surface area contributed by atoms with Crippen LogP contribution in [0.1, 0.15) is 145 Å². The molecule has 8 atom stereocenters. The fourth-order valence-electron chi connectivity index (χ4n) is 13.6. The second-order valence-corrected chi connectivity index (χ2v) is 21.4. The molecule has 0 aromatic heterocycles. The number of benzene rings is 1. The third-order valence-corrected chi connectivity index (χ3v) is 17.2. The van der Waals surface area contributed by atoms with Gasteiger partial charge in [-0.1, -0.05) is 78.3 Å². The zero-order valence-electron chi connectivity index (χ0n) is 34.7. The number of carbonyl (C=O) groups is 4. The monoisotopic (exact) mass is 773 g/mol. The summed E-state index contributed by atoms with van der Waals surface area (Å²) in [7, 11) is 0. The first-order valence-corrected chi connectivity index (χ1v) is 21.4. The number of amides is 1. The third kappa shape index (κ3) is 6.27. The number of allylic oxidation sites excluding steroid dienone is 3. The van der Waals surface area contributed by atoms with Gasteiger partial charge in [0.1, 0.15) is 6.10 Å². The number of ether oxygens (including phenoxy) is 1. The molecular weight excluding hydrogens is 710 g/mol. The van der Waals surface area contributed by atoms with Crippen molar-refractivity contribution in [2.75, 3.05) is 0 Å². The molecule has 7 nitrogen and oxygen atoms in total. The van der Waals surface area contributed by atoms with Gasteiger partial charge < -0.3 is 15.2 Å². The molecule has 5 fully saturated rings. The Morgan fingerprint density at radius 2 is 1.58 bits per heavy atom. The van der Waals surface area contributed by atoms with Gasteiger partial charge in [0.25, 0.3) is 0 Å². The number of carboxylic acid groups (broad SMARTS) is 1. The number of ketones is 1. The van der Waals surface area contributed by atoms with Crippen LogP contribution in [0.15, 0.2) is 47.6 Å². The van der Waals surface area contributed by atoms with Gasteiger partial charge in [0.05, 0.1) is 17.4 Å². The van der Waals surface area contributed by atoms with E-state index in [4.69, 9.17) is 16.3 Å². The summed E-state index contributed by atoms with van der Waals surface area (Å²) >= 11 is 6.16. The van der Waals surface area contributed by atoms with E-state index < -0.39 is 22.8 Å². The highest BCUT2D eigenvalue weighted by Gasteiger charge is 2.70. The van der Waals surface area contributed by atoms with Gasteiger partial charge in [-0.25, -0.2) is 0 Å². The van der Waals surface area contributed by atoms with E-state index in [0.717, 1.165) is 75.3 Å². The van der Waals surface area contributed by atoms with Crippen LogP contribution in [0.25, 0.3) is 0 Å². The Morgan fingerprint density at radius 3 is 2.20 bits per heavy atom. The average Bonchev–Trinajstić information content (AvgIpc) is 3.80. The maximum Gasteiger partial charge on any atom is 0.309 e. The molecule has 1 amide bonds. The second kappa shape index (κ2) is 13.3. The van der Waals surface area contributed by atoms with Crippen LogP contribution in [0, 0.1) is 56.2 Å². The number of hydrogen-bond acceptors (Lipinski definition) is 5. The predicted molar refractivity (Wildman–Crippen MR) is 215 cm³/mol. The molecule has 6 aliphatic carbocycles. The number of carboxylic acids is 1. The Hall–Kier alpha value is -2.93. The molecule has 2 N–H and O–H groups in total. The number of nitrogens with one attached hydrogen (secondary N) is 1. The smallest absolute Gasteiger partial charge is 0.309 e. The number of rotatable bonds is 9. The minimum Gasteiger partial charge on any atom is -0.481 e. The van der Waals surface area contributed by atoms with E-state index >= 15 is 0 Å².